The molecule has 1 aromatic rings. The van der Waals surface area contributed by atoms with Crippen LogP contribution < -0.4 is 0 Å². The van der Waals surface area contributed by atoms with E-state index in [1.165, 1.54) is 0 Å². The van der Waals surface area contributed by atoms with Gasteiger partial charge in [-0.2, -0.15) is 0 Å². The molecule has 0 bridgehead atoms. The van der Waals surface area contributed by atoms with Crippen molar-refractivity contribution in [2.45, 2.75) is 30.6 Å². The van der Waals surface area contributed by atoms with Gasteiger partial charge in [0.05, 0.1) is 4.90 Å². The zero-order valence-corrected chi connectivity index (χ0v) is 11.1. The van der Waals surface area contributed by atoms with E-state index in [-0.39, 0.29) is 6.61 Å². The molecular formula is C14H18O3S. The van der Waals surface area contributed by atoms with E-state index in [0.29, 0.717) is 22.1 Å². The third kappa shape index (κ3) is 2.82. The molecule has 1 aromatic carbocycles. The molecule has 2 rings (SSSR count). The molecule has 0 saturated carbocycles. The molecule has 1 unspecified atom stereocenters. The Morgan fingerprint density at radius 1 is 1.22 bits per heavy atom. The fraction of sp³-hybridized carbons (Fsp3) is 0.429. The molecule has 1 aliphatic rings. The van der Waals surface area contributed by atoms with Crippen molar-refractivity contribution in [3.8, 4) is 0 Å². The number of hydrogen-bond acceptors (Lipinski definition) is 3. The van der Waals surface area contributed by atoms with Gasteiger partial charge in [-0.05, 0) is 43.7 Å². The Labute approximate surface area is 108 Å². The molecule has 1 atom stereocenters. The molecule has 0 aliphatic heterocycles. The minimum Gasteiger partial charge on any atom is -0.396 e. The number of aliphatic hydroxyl groups is 1. The molecule has 3 nitrogen and oxygen atoms in total. The highest BCUT2D eigenvalue weighted by Crippen LogP contribution is 2.33. The van der Waals surface area contributed by atoms with Crippen LogP contribution in [0.2, 0.25) is 0 Å². The van der Waals surface area contributed by atoms with Crippen LogP contribution in [0.25, 0.3) is 0 Å². The Morgan fingerprint density at radius 2 is 1.94 bits per heavy atom. The first-order valence-electron chi connectivity index (χ1n) is 6.26. The fourth-order valence-electron chi connectivity index (χ4n) is 2.31. The minimum absolute atomic E-state index is 0.172. The Kier molecular flexibility index (Phi) is 4.19. The van der Waals surface area contributed by atoms with E-state index in [0.717, 1.165) is 19.3 Å². The van der Waals surface area contributed by atoms with E-state index in [1.54, 1.807) is 24.3 Å². The summed E-state index contributed by atoms with van der Waals surface area (Å²) in [5, 5.41) is 8.79. The molecule has 1 aliphatic carbocycles. The average Bonchev–Trinajstić information content (AvgIpc) is 2.87. The summed E-state index contributed by atoms with van der Waals surface area (Å²) in [5.74, 6) is 0.297. The summed E-state index contributed by atoms with van der Waals surface area (Å²) in [6.45, 7) is 0.172. The first-order chi connectivity index (χ1) is 8.64. The highest BCUT2D eigenvalue weighted by Gasteiger charge is 2.26. The third-order valence-corrected chi connectivity index (χ3v) is 5.24. The van der Waals surface area contributed by atoms with Crippen LogP contribution in [0.3, 0.4) is 0 Å². The molecule has 0 saturated heterocycles. The van der Waals surface area contributed by atoms with Crippen molar-refractivity contribution in [1.29, 1.82) is 0 Å². The maximum absolute atomic E-state index is 12.3. The highest BCUT2D eigenvalue weighted by atomic mass is 32.2. The quantitative estimate of drug-likeness (QED) is 0.891. The second kappa shape index (κ2) is 5.67. The summed E-state index contributed by atoms with van der Waals surface area (Å²) in [6, 6.07) is 8.57. The van der Waals surface area contributed by atoms with Crippen molar-refractivity contribution in [3.05, 3.63) is 41.3 Å². The second-order valence-corrected chi connectivity index (χ2v) is 6.62. The molecule has 0 aromatic heterocycles. The van der Waals surface area contributed by atoms with Gasteiger partial charge in [-0.3, -0.25) is 0 Å². The van der Waals surface area contributed by atoms with Crippen LogP contribution in [0, 0.1) is 5.92 Å². The molecule has 98 valence electrons. The summed E-state index contributed by atoms with van der Waals surface area (Å²) < 4.78 is 24.7. The Hall–Kier alpha value is -1.13. The van der Waals surface area contributed by atoms with Gasteiger partial charge in [0.1, 0.15) is 0 Å². The van der Waals surface area contributed by atoms with Crippen molar-refractivity contribution in [2.24, 2.45) is 5.92 Å². The van der Waals surface area contributed by atoms with Gasteiger partial charge >= 0.3 is 0 Å². The summed E-state index contributed by atoms with van der Waals surface area (Å²) in [4.78, 5) is 0.913. The highest BCUT2D eigenvalue weighted by molar-refractivity contribution is 7.95. The van der Waals surface area contributed by atoms with E-state index < -0.39 is 9.84 Å². The lowest BCUT2D eigenvalue weighted by atomic mass is 10.0. The van der Waals surface area contributed by atoms with Crippen LogP contribution >= 0.6 is 0 Å². The SMILES string of the molecule is O=S(=O)(C1=CC(CCCO)CC1)c1ccccc1. The first kappa shape index (κ1) is 13.3. The van der Waals surface area contributed by atoms with E-state index in [9.17, 15) is 8.42 Å². The Bertz CT molecular complexity index is 517. The van der Waals surface area contributed by atoms with Crippen LogP contribution in [0.15, 0.2) is 46.2 Å². The molecule has 0 heterocycles. The van der Waals surface area contributed by atoms with Crippen LogP contribution in [0.5, 0.6) is 0 Å². The number of hydrogen-bond donors (Lipinski definition) is 1. The number of benzene rings is 1. The number of sulfone groups is 1. The van der Waals surface area contributed by atoms with E-state index in [1.807, 2.05) is 12.1 Å². The molecule has 0 spiro atoms. The molecule has 0 amide bonds. The van der Waals surface area contributed by atoms with Gasteiger partial charge in [0.2, 0.25) is 9.84 Å². The largest absolute Gasteiger partial charge is 0.396 e. The molecule has 0 fully saturated rings. The lowest BCUT2D eigenvalue weighted by Gasteiger charge is -2.04. The summed E-state index contributed by atoms with van der Waals surface area (Å²) in [6.07, 6.45) is 4.97. The Morgan fingerprint density at radius 3 is 2.61 bits per heavy atom. The molecule has 18 heavy (non-hydrogen) atoms. The molecule has 1 N–H and O–H groups in total. The lowest BCUT2D eigenvalue weighted by molar-refractivity contribution is 0.277. The normalized spacial score (nSPS) is 19.8. The monoisotopic (exact) mass is 266 g/mol. The van der Waals surface area contributed by atoms with E-state index in [2.05, 4.69) is 0 Å². The van der Waals surface area contributed by atoms with Gasteiger partial charge in [-0.1, -0.05) is 24.3 Å². The zero-order chi connectivity index (χ0) is 13.0. The van der Waals surface area contributed by atoms with Crippen molar-refractivity contribution < 1.29 is 13.5 Å². The van der Waals surface area contributed by atoms with Crippen molar-refractivity contribution in [3.63, 3.8) is 0 Å². The average molecular weight is 266 g/mol. The zero-order valence-electron chi connectivity index (χ0n) is 10.2. The molecule has 4 heteroatoms. The van der Waals surface area contributed by atoms with Crippen LogP contribution in [-0.4, -0.2) is 20.1 Å². The third-order valence-electron chi connectivity index (χ3n) is 3.31. The van der Waals surface area contributed by atoms with Crippen molar-refractivity contribution in [2.75, 3.05) is 6.61 Å². The summed E-state index contributed by atoms with van der Waals surface area (Å²) >= 11 is 0. The van der Waals surface area contributed by atoms with Gasteiger partial charge in [-0.15, -0.1) is 0 Å². The van der Waals surface area contributed by atoms with Gasteiger partial charge in [0.15, 0.2) is 0 Å². The predicted octanol–water partition coefficient (Wildman–Crippen LogP) is 2.53. The molecule has 0 radical (unpaired) electrons. The summed E-state index contributed by atoms with van der Waals surface area (Å²) in [7, 11) is -3.30. The van der Waals surface area contributed by atoms with Gasteiger partial charge < -0.3 is 5.11 Å². The maximum Gasteiger partial charge on any atom is 0.202 e. The van der Waals surface area contributed by atoms with Gasteiger partial charge in [0, 0.05) is 11.5 Å². The van der Waals surface area contributed by atoms with Crippen LogP contribution in [0.4, 0.5) is 0 Å². The topological polar surface area (TPSA) is 54.4 Å². The van der Waals surface area contributed by atoms with Crippen LogP contribution in [0.1, 0.15) is 25.7 Å². The smallest absolute Gasteiger partial charge is 0.202 e. The summed E-state index contributed by atoms with van der Waals surface area (Å²) in [5.41, 5.74) is 0. The van der Waals surface area contributed by atoms with Crippen molar-refractivity contribution in [1.82, 2.24) is 0 Å². The first-order valence-corrected chi connectivity index (χ1v) is 7.74. The number of rotatable bonds is 5. The second-order valence-electron chi connectivity index (χ2n) is 4.61. The molecular weight excluding hydrogens is 248 g/mol. The van der Waals surface area contributed by atoms with Gasteiger partial charge in [-0.25, -0.2) is 8.42 Å². The number of aliphatic hydroxyl groups excluding tert-OH is 1. The fourth-order valence-corrected chi connectivity index (χ4v) is 3.89. The van der Waals surface area contributed by atoms with E-state index >= 15 is 0 Å². The van der Waals surface area contributed by atoms with Crippen molar-refractivity contribution >= 4 is 9.84 Å². The minimum atomic E-state index is -3.30. The number of allylic oxidation sites excluding steroid dienone is 2. The Balaban J connectivity index is 2.17. The predicted molar refractivity (Wildman–Crippen MR) is 70.8 cm³/mol. The van der Waals surface area contributed by atoms with Gasteiger partial charge in [0.25, 0.3) is 0 Å². The maximum atomic E-state index is 12.3. The standard InChI is InChI=1S/C14H18O3S/c15-10-4-5-12-8-9-14(11-12)18(16,17)13-6-2-1-3-7-13/h1-3,6-7,11-12,15H,4-5,8-10H2. The lowest BCUT2D eigenvalue weighted by Crippen LogP contribution is -2.02. The van der Waals surface area contributed by atoms with Crippen LogP contribution in [-0.2, 0) is 9.84 Å². The van der Waals surface area contributed by atoms with E-state index in [4.69, 9.17) is 5.11 Å².